The first-order chi connectivity index (χ1) is 12.6. The van der Waals surface area contributed by atoms with Gasteiger partial charge in [0.2, 0.25) is 0 Å². The summed E-state index contributed by atoms with van der Waals surface area (Å²) in [6, 6.07) is 8.01. The van der Waals surface area contributed by atoms with Gasteiger partial charge in [-0.15, -0.1) is 24.0 Å². The van der Waals surface area contributed by atoms with E-state index in [-0.39, 0.29) is 24.0 Å². The zero-order chi connectivity index (χ0) is 18.8. The number of likely N-dealkylation sites (N-methyl/N-ethyl adjacent to an activating group) is 1. The number of halogens is 2. The minimum Gasteiger partial charge on any atom is -0.356 e. The van der Waals surface area contributed by atoms with E-state index in [1.807, 2.05) is 19.2 Å². The molecule has 0 aliphatic carbocycles. The molecule has 5 nitrogen and oxygen atoms in total. The Morgan fingerprint density at radius 1 is 1.11 bits per heavy atom. The molecule has 0 saturated carbocycles. The van der Waals surface area contributed by atoms with E-state index < -0.39 is 0 Å². The Kier molecular flexibility index (Phi) is 12.3. The Balaban J connectivity index is 0.00000364. The van der Waals surface area contributed by atoms with Crippen molar-refractivity contribution in [3.05, 3.63) is 34.9 Å². The molecule has 1 heterocycles. The second-order valence-electron chi connectivity index (χ2n) is 7.10. The fourth-order valence-corrected chi connectivity index (χ4v) is 3.39. The number of benzene rings is 1. The molecule has 1 aromatic rings. The number of nitrogens with zero attached hydrogens (tertiary/aromatic N) is 3. The first-order valence-corrected chi connectivity index (χ1v) is 10.1. The summed E-state index contributed by atoms with van der Waals surface area (Å²) in [6.07, 6.45) is 0.954. The molecule has 1 aliphatic heterocycles. The summed E-state index contributed by atoms with van der Waals surface area (Å²) in [6.45, 7) is 13.4. The molecule has 1 atom stereocenters. The van der Waals surface area contributed by atoms with Crippen LogP contribution in [-0.4, -0.2) is 75.2 Å². The zero-order valence-electron chi connectivity index (χ0n) is 16.9. The van der Waals surface area contributed by atoms with Crippen LogP contribution in [0.3, 0.4) is 0 Å². The average molecular weight is 508 g/mol. The largest absolute Gasteiger partial charge is 0.356 e. The van der Waals surface area contributed by atoms with E-state index in [1.54, 1.807) is 0 Å². The van der Waals surface area contributed by atoms with Gasteiger partial charge in [0.1, 0.15) is 0 Å². The quantitative estimate of drug-likeness (QED) is 0.323. The normalized spacial score (nSPS) is 17.3. The molecular formula is C20H35ClIN5. The molecule has 2 rings (SSSR count). The SMILES string of the molecule is CCN1CCN(CC(C)CNC(=NC)NCCc2ccc(Cl)cc2)CC1.I. The summed E-state index contributed by atoms with van der Waals surface area (Å²) < 4.78 is 0. The summed E-state index contributed by atoms with van der Waals surface area (Å²) >= 11 is 5.92. The maximum Gasteiger partial charge on any atom is 0.190 e. The van der Waals surface area contributed by atoms with Crippen molar-refractivity contribution < 1.29 is 0 Å². The number of piperazine rings is 1. The van der Waals surface area contributed by atoms with E-state index in [0.29, 0.717) is 5.92 Å². The third kappa shape index (κ3) is 9.45. The van der Waals surface area contributed by atoms with Gasteiger partial charge in [-0.3, -0.25) is 4.99 Å². The van der Waals surface area contributed by atoms with Gasteiger partial charge in [-0.1, -0.05) is 37.6 Å². The predicted molar refractivity (Wildman–Crippen MR) is 128 cm³/mol. The highest BCUT2D eigenvalue weighted by Crippen LogP contribution is 2.09. The van der Waals surface area contributed by atoms with Crippen LogP contribution in [0.1, 0.15) is 19.4 Å². The van der Waals surface area contributed by atoms with Gasteiger partial charge >= 0.3 is 0 Å². The van der Waals surface area contributed by atoms with Crippen molar-refractivity contribution in [3.63, 3.8) is 0 Å². The highest BCUT2D eigenvalue weighted by atomic mass is 127. The molecule has 2 N–H and O–H groups in total. The smallest absolute Gasteiger partial charge is 0.190 e. The van der Waals surface area contributed by atoms with Gasteiger partial charge in [0.25, 0.3) is 0 Å². The van der Waals surface area contributed by atoms with Crippen LogP contribution in [0.4, 0.5) is 0 Å². The fraction of sp³-hybridized carbons (Fsp3) is 0.650. The predicted octanol–water partition coefficient (Wildman–Crippen LogP) is 2.94. The Bertz CT molecular complexity index is 544. The molecule has 1 unspecified atom stereocenters. The number of guanidine groups is 1. The van der Waals surface area contributed by atoms with Gasteiger partial charge in [0.15, 0.2) is 5.96 Å². The number of rotatable bonds is 8. The topological polar surface area (TPSA) is 42.9 Å². The number of nitrogens with one attached hydrogen (secondary N) is 2. The molecule has 0 amide bonds. The van der Waals surface area contributed by atoms with Crippen molar-refractivity contribution in [2.75, 3.05) is 59.4 Å². The van der Waals surface area contributed by atoms with Gasteiger partial charge in [-0.2, -0.15) is 0 Å². The van der Waals surface area contributed by atoms with Crippen LogP contribution in [-0.2, 0) is 6.42 Å². The second kappa shape index (κ2) is 13.6. The molecule has 27 heavy (non-hydrogen) atoms. The van der Waals surface area contributed by atoms with Crippen LogP contribution in [0.15, 0.2) is 29.3 Å². The third-order valence-corrected chi connectivity index (χ3v) is 5.19. The number of aliphatic imine (C=N–C) groups is 1. The molecule has 7 heteroatoms. The first-order valence-electron chi connectivity index (χ1n) is 9.74. The Morgan fingerprint density at radius 2 is 1.74 bits per heavy atom. The minimum atomic E-state index is 0. The number of hydrogen-bond acceptors (Lipinski definition) is 3. The van der Waals surface area contributed by atoms with Crippen molar-refractivity contribution in [3.8, 4) is 0 Å². The van der Waals surface area contributed by atoms with Gasteiger partial charge in [0, 0.05) is 57.9 Å². The summed E-state index contributed by atoms with van der Waals surface area (Å²) in [7, 11) is 1.83. The van der Waals surface area contributed by atoms with E-state index in [2.05, 4.69) is 51.4 Å². The monoisotopic (exact) mass is 507 g/mol. The average Bonchev–Trinajstić information content (AvgIpc) is 2.66. The van der Waals surface area contributed by atoms with E-state index in [0.717, 1.165) is 37.0 Å². The van der Waals surface area contributed by atoms with Crippen molar-refractivity contribution in [1.82, 2.24) is 20.4 Å². The van der Waals surface area contributed by atoms with E-state index in [1.165, 1.54) is 38.3 Å². The Labute approximate surface area is 186 Å². The summed E-state index contributed by atoms with van der Waals surface area (Å²) in [4.78, 5) is 9.42. The highest BCUT2D eigenvalue weighted by Gasteiger charge is 2.17. The van der Waals surface area contributed by atoms with Crippen molar-refractivity contribution in [2.45, 2.75) is 20.3 Å². The molecule has 154 valence electrons. The lowest BCUT2D eigenvalue weighted by molar-refractivity contribution is 0.124. The van der Waals surface area contributed by atoms with Gasteiger partial charge in [-0.05, 0) is 36.6 Å². The van der Waals surface area contributed by atoms with E-state index >= 15 is 0 Å². The zero-order valence-corrected chi connectivity index (χ0v) is 20.0. The minimum absolute atomic E-state index is 0. The van der Waals surface area contributed by atoms with Crippen LogP contribution < -0.4 is 10.6 Å². The van der Waals surface area contributed by atoms with E-state index in [9.17, 15) is 0 Å². The third-order valence-electron chi connectivity index (χ3n) is 4.94. The molecule has 1 fully saturated rings. The summed E-state index contributed by atoms with van der Waals surface area (Å²) in [5, 5.41) is 7.63. The lowest BCUT2D eigenvalue weighted by Crippen LogP contribution is -2.48. The number of hydrogen-bond donors (Lipinski definition) is 2. The molecule has 0 bridgehead atoms. The Morgan fingerprint density at radius 3 is 2.33 bits per heavy atom. The maximum atomic E-state index is 5.92. The lowest BCUT2D eigenvalue weighted by atomic mass is 10.1. The Hall–Kier alpha value is -0.570. The first kappa shape index (κ1) is 24.5. The van der Waals surface area contributed by atoms with Crippen LogP contribution in [0.25, 0.3) is 0 Å². The standard InChI is InChI=1S/C20H34ClN5.HI/c1-4-25-11-13-26(14-12-25)16-17(2)15-24-20(22-3)23-10-9-18-5-7-19(21)8-6-18;/h5-8,17H,4,9-16H2,1-3H3,(H2,22,23,24);1H. The maximum absolute atomic E-state index is 5.92. The lowest BCUT2D eigenvalue weighted by Gasteiger charge is -2.35. The molecule has 0 radical (unpaired) electrons. The van der Waals surface area contributed by atoms with Crippen molar-refractivity contribution >= 4 is 41.5 Å². The molecule has 1 aliphatic rings. The van der Waals surface area contributed by atoms with Crippen LogP contribution in [0, 0.1) is 5.92 Å². The van der Waals surface area contributed by atoms with Gasteiger partial charge in [0.05, 0.1) is 0 Å². The molecule has 1 aromatic carbocycles. The van der Waals surface area contributed by atoms with Gasteiger partial charge < -0.3 is 20.4 Å². The molecule has 1 saturated heterocycles. The van der Waals surface area contributed by atoms with Crippen molar-refractivity contribution in [2.24, 2.45) is 10.9 Å². The fourth-order valence-electron chi connectivity index (χ4n) is 3.26. The van der Waals surface area contributed by atoms with Crippen LogP contribution in [0.5, 0.6) is 0 Å². The van der Waals surface area contributed by atoms with Crippen LogP contribution >= 0.6 is 35.6 Å². The highest BCUT2D eigenvalue weighted by molar-refractivity contribution is 14.0. The van der Waals surface area contributed by atoms with Crippen LogP contribution in [0.2, 0.25) is 5.02 Å². The van der Waals surface area contributed by atoms with Gasteiger partial charge in [-0.25, -0.2) is 0 Å². The molecule has 0 spiro atoms. The van der Waals surface area contributed by atoms with Crippen molar-refractivity contribution in [1.29, 1.82) is 0 Å². The summed E-state index contributed by atoms with van der Waals surface area (Å²) in [5.41, 5.74) is 1.27. The van der Waals surface area contributed by atoms with E-state index in [4.69, 9.17) is 11.6 Å². The molecular weight excluding hydrogens is 473 g/mol. The molecule has 0 aromatic heterocycles. The second-order valence-corrected chi connectivity index (χ2v) is 7.53. The summed E-state index contributed by atoms with van der Waals surface area (Å²) in [5.74, 6) is 1.47.